The minimum atomic E-state index is 0.481. The van der Waals surface area contributed by atoms with Gasteiger partial charge in [-0.05, 0) is 19.8 Å². The molecule has 0 amide bonds. The smallest absolute Gasteiger partial charge is 0.0666 e. The van der Waals surface area contributed by atoms with Gasteiger partial charge >= 0.3 is 0 Å². The van der Waals surface area contributed by atoms with Crippen molar-refractivity contribution in [1.29, 1.82) is 0 Å². The van der Waals surface area contributed by atoms with Crippen LogP contribution in [0.3, 0.4) is 0 Å². The Bertz CT molecular complexity index is 116. The van der Waals surface area contributed by atoms with Gasteiger partial charge in [-0.1, -0.05) is 13.8 Å². The van der Waals surface area contributed by atoms with E-state index in [1.54, 1.807) is 0 Å². The molecule has 1 heterocycles. The summed E-state index contributed by atoms with van der Waals surface area (Å²) in [5.74, 6) is 0. The van der Waals surface area contributed by atoms with Crippen molar-refractivity contribution in [2.75, 3.05) is 6.61 Å². The van der Waals surface area contributed by atoms with E-state index in [4.69, 9.17) is 4.74 Å². The molecule has 11 heavy (non-hydrogen) atoms. The van der Waals surface area contributed by atoms with Crippen LogP contribution in [0.15, 0.2) is 0 Å². The molecule has 1 aliphatic heterocycles. The normalized spacial score (nSPS) is 34.1. The van der Waals surface area contributed by atoms with E-state index < -0.39 is 0 Å². The third kappa shape index (κ3) is 2.68. The minimum absolute atomic E-state index is 0.481. The Labute approximate surface area is 73.9 Å². The summed E-state index contributed by atoms with van der Waals surface area (Å²) in [7, 11) is 0. The van der Waals surface area contributed by atoms with Crippen molar-refractivity contribution in [2.45, 2.75) is 50.2 Å². The maximum absolute atomic E-state index is 5.49. The van der Waals surface area contributed by atoms with Gasteiger partial charge in [0.2, 0.25) is 0 Å². The number of rotatable bonds is 3. The summed E-state index contributed by atoms with van der Waals surface area (Å²) in [6.07, 6.45) is 3.00. The molecule has 0 spiro atoms. The van der Waals surface area contributed by atoms with E-state index in [9.17, 15) is 0 Å². The van der Waals surface area contributed by atoms with Crippen LogP contribution >= 0.6 is 11.8 Å². The highest BCUT2D eigenvalue weighted by atomic mass is 32.2. The molecular formula is C9H18OS. The largest absolute Gasteiger partial charge is 0.377 e. The van der Waals surface area contributed by atoms with E-state index in [2.05, 4.69) is 32.5 Å². The van der Waals surface area contributed by atoms with Gasteiger partial charge in [0.05, 0.1) is 6.10 Å². The average Bonchev–Trinajstić information content (AvgIpc) is 2.37. The van der Waals surface area contributed by atoms with E-state index in [-0.39, 0.29) is 0 Å². The number of hydrogen-bond donors (Lipinski definition) is 0. The van der Waals surface area contributed by atoms with Gasteiger partial charge in [0.1, 0.15) is 0 Å². The molecule has 0 aromatic carbocycles. The monoisotopic (exact) mass is 174 g/mol. The van der Waals surface area contributed by atoms with Crippen LogP contribution in [-0.4, -0.2) is 23.2 Å². The van der Waals surface area contributed by atoms with E-state index in [0.29, 0.717) is 6.10 Å². The topological polar surface area (TPSA) is 9.23 Å². The van der Waals surface area contributed by atoms with Crippen LogP contribution in [0.2, 0.25) is 0 Å². The number of hydrogen-bond acceptors (Lipinski definition) is 2. The van der Waals surface area contributed by atoms with E-state index >= 15 is 0 Å². The molecule has 2 heteroatoms. The highest BCUT2D eigenvalue weighted by molar-refractivity contribution is 8.00. The lowest BCUT2D eigenvalue weighted by Crippen LogP contribution is -2.16. The van der Waals surface area contributed by atoms with Gasteiger partial charge in [0.25, 0.3) is 0 Å². The second-order valence-electron chi connectivity index (χ2n) is 3.26. The summed E-state index contributed by atoms with van der Waals surface area (Å²) in [5.41, 5.74) is 0. The average molecular weight is 174 g/mol. The maximum atomic E-state index is 5.49. The molecule has 66 valence electrons. The van der Waals surface area contributed by atoms with Crippen molar-refractivity contribution >= 4 is 11.8 Å². The first-order chi connectivity index (χ1) is 5.24. The predicted molar refractivity (Wildman–Crippen MR) is 51.2 cm³/mol. The third-order valence-corrected chi connectivity index (χ3v) is 4.06. The molecular weight excluding hydrogens is 156 g/mol. The molecule has 1 rings (SSSR count). The van der Waals surface area contributed by atoms with Crippen molar-refractivity contribution in [1.82, 2.24) is 0 Å². The van der Waals surface area contributed by atoms with E-state index in [0.717, 1.165) is 17.1 Å². The van der Waals surface area contributed by atoms with Gasteiger partial charge in [0, 0.05) is 17.1 Å². The Morgan fingerprint density at radius 1 is 1.64 bits per heavy atom. The highest BCUT2D eigenvalue weighted by Gasteiger charge is 2.25. The van der Waals surface area contributed by atoms with Crippen LogP contribution in [0, 0.1) is 0 Å². The lowest BCUT2D eigenvalue weighted by atomic mass is 10.3. The Kier molecular flexibility index (Phi) is 3.73. The summed E-state index contributed by atoms with van der Waals surface area (Å²) in [6, 6.07) is 0. The van der Waals surface area contributed by atoms with Crippen LogP contribution in [0.25, 0.3) is 0 Å². The molecule has 0 radical (unpaired) electrons. The van der Waals surface area contributed by atoms with Gasteiger partial charge in [-0.3, -0.25) is 0 Å². The fraction of sp³-hybridized carbons (Fsp3) is 1.00. The predicted octanol–water partition coefficient (Wildman–Crippen LogP) is 2.70. The molecule has 1 fully saturated rings. The molecule has 1 nitrogen and oxygen atoms in total. The van der Waals surface area contributed by atoms with E-state index in [1.165, 1.54) is 12.8 Å². The van der Waals surface area contributed by atoms with Crippen LogP contribution in [0.5, 0.6) is 0 Å². The lowest BCUT2D eigenvalue weighted by Gasteiger charge is -2.17. The zero-order valence-corrected chi connectivity index (χ0v) is 8.49. The fourth-order valence-electron chi connectivity index (χ4n) is 1.29. The Hall–Kier alpha value is 0.310. The second kappa shape index (κ2) is 4.36. The van der Waals surface area contributed by atoms with Gasteiger partial charge in [0.15, 0.2) is 0 Å². The maximum Gasteiger partial charge on any atom is 0.0666 e. The Morgan fingerprint density at radius 2 is 2.36 bits per heavy atom. The van der Waals surface area contributed by atoms with Crippen LogP contribution < -0.4 is 0 Å². The van der Waals surface area contributed by atoms with Crippen molar-refractivity contribution in [3.63, 3.8) is 0 Å². The molecule has 3 atom stereocenters. The molecule has 0 bridgehead atoms. The van der Waals surface area contributed by atoms with Gasteiger partial charge in [-0.25, -0.2) is 0 Å². The first kappa shape index (κ1) is 9.40. The molecule has 1 saturated heterocycles. The lowest BCUT2D eigenvalue weighted by molar-refractivity contribution is 0.127. The Morgan fingerprint density at radius 3 is 2.82 bits per heavy atom. The van der Waals surface area contributed by atoms with Gasteiger partial charge in [-0.15, -0.1) is 0 Å². The quantitative estimate of drug-likeness (QED) is 0.650. The molecule has 1 aliphatic rings. The van der Waals surface area contributed by atoms with Gasteiger partial charge in [-0.2, -0.15) is 11.8 Å². The molecule has 3 unspecified atom stereocenters. The van der Waals surface area contributed by atoms with Crippen LogP contribution in [0.4, 0.5) is 0 Å². The van der Waals surface area contributed by atoms with Crippen molar-refractivity contribution < 1.29 is 4.74 Å². The second-order valence-corrected chi connectivity index (χ2v) is 4.94. The summed E-state index contributed by atoms with van der Waals surface area (Å²) in [5, 5.41) is 1.55. The Balaban J connectivity index is 2.24. The molecule has 0 saturated carbocycles. The zero-order valence-electron chi connectivity index (χ0n) is 7.67. The number of thioether (sulfide) groups is 1. The van der Waals surface area contributed by atoms with Crippen LogP contribution in [0.1, 0.15) is 33.6 Å². The van der Waals surface area contributed by atoms with E-state index in [1.807, 2.05) is 0 Å². The molecule has 0 aromatic heterocycles. The summed E-state index contributed by atoms with van der Waals surface area (Å²) < 4.78 is 5.49. The summed E-state index contributed by atoms with van der Waals surface area (Å²) >= 11 is 2.09. The first-order valence-corrected chi connectivity index (χ1v) is 5.45. The SMILES string of the molecule is CCC(C)SC1CCOC1C. The zero-order chi connectivity index (χ0) is 8.27. The molecule has 0 N–H and O–H groups in total. The molecule has 0 aliphatic carbocycles. The third-order valence-electron chi connectivity index (χ3n) is 2.29. The van der Waals surface area contributed by atoms with Gasteiger partial charge < -0.3 is 4.74 Å². The van der Waals surface area contributed by atoms with Crippen molar-refractivity contribution in [2.24, 2.45) is 0 Å². The number of ether oxygens (including phenoxy) is 1. The minimum Gasteiger partial charge on any atom is -0.377 e. The van der Waals surface area contributed by atoms with Crippen molar-refractivity contribution in [3.05, 3.63) is 0 Å². The van der Waals surface area contributed by atoms with Crippen LogP contribution in [-0.2, 0) is 4.74 Å². The summed E-state index contributed by atoms with van der Waals surface area (Å²) in [4.78, 5) is 0. The van der Waals surface area contributed by atoms with Crippen molar-refractivity contribution in [3.8, 4) is 0 Å². The highest BCUT2D eigenvalue weighted by Crippen LogP contribution is 2.30. The first-order valence-electron chi connectivity index (χ1n) is 4.51. The fourth-order valence-corrected chi connectivity index (χ4v) is 2.61. The summed E-state index contributed by atoms with van der Waals surface area (Å²) in [6.45, 7) is 7.70. The molecule has 0 aromatic rings. The standard InChI is InChI=1S/C9H18OS/c1-4-7(2)11-9-5-6-10-8(9)3/h7-9H,4-6H2,1-3H3.